The zero-order chi connectivity index (χ0) is 6.15. The monoisotopic (exact) mass is 114 g/mol. The number of hydrogen-bond donors (Lipinski definition) is 1. The summed E-state index contributed by atoms with van der Waals surface area (Å²) in [5.41, 5.74) is 2.93. The molecule has 0 radical (unpaired) electrons. The summed E-state index contributed by atoms with van der Waals surface area (Å²) in [5.74, 6) is 0.979. The number of hydrazine groups is 2. The molecule has 0 bridgehead atoms. The van der Waals surface area contributed by atoms with Crippen molar-refractivity contribution in [3.63, 3.8) is 0 Å². The molecule has 0 saturated heterocycles. The van der Waals surface area contributed by atoms with E-state index in [4.69, 9.17) is 0 Å². The van der Waals surface area contributed by atoms with Crippen LogP contribution in [0.3, 0.4) is 0 Å². The summed E-state index contributed by atoms with van der Waals surface area (Å²) >= 11 is 0. The second-order valence-electron chi connectivity index (χ2n) is 1.83. The molecule has 0 saturated carbocycles. The lowest BCUT2D eigenvalue weighted by atomic mass is 10.7. The van der Waals surface area contributed by atoms with Gasteiger partial charge in [-0.25, -0.2) is 5.12 Å². The molecule has 0 aromatic heterocycles. The van der Waals surface area contributed by atoms with Crippen molar-refractivity contribution in [2.75, 3.05) is 14.1 Å². The van der Waals surface area contributed by atoms with Crippen LogP contribution in [-0.2, 0) is 0 Å². The van der Waals surface area contributed by atoms with Crippen LogP contribution in [0.1, 0.15) is 6.92 Å². The molecule has 1 heterocycles. The van der Waals surface area contributed by atoms with Crippen molar-refractivity contribution < 1.29 is 0 Å². The maximum Gasteiger partial charge on any atom is 0.138 e. The first-order valence-electron chi connectivity index (χ1n) is 2.49. The van der Waals surface area contributed by atoms with Gasteiger partial charge in [-0.05, 0) is 6.92 Å². The Morgan fingerprint density at radius 3 is 2.25 bits per heavy atom. The van der Waals surface area contributed by atoms with Crippen LogP contribution in [-0.4, -0.2) is 30.1 Å². The molecule has 0 unspecified atom stereocenters. The molecule has 0 aliphatic carbocycles. The van der Waals surface area contributed by atoms with Crippen molar-refractivity contribution in [1.29, 1.82) is 0 Å². The van der Waals surface area contributed by atoms with Crippen molar-refractivity contribution in [1.82, 2.24) is 15.7 Å². The fraction of sp³-hybridized carbons (Fsp3) is 0.750. The predicted molar refractivity (Wildman–Crippen MR) is 31.8 cm³/mol. The Balaban J connectivity index is 2.59. The molecule has 1 aliphatic rings. The second-order valence-corrected chi connectivity index (χ2v) is 1.83. The predicted octanol–water partition coefficient (Wildman–Crippen LogP) is -0.383. The van der Waals surface area contributed by atoms with Gasteiger partial charge in [-0.1, -0.05) is 0 Å². The van der Waals surface area contributed by atoms with E-state index >= 15 is 0 Å². The lowest BCUT2D eigenvalue weighted by Crippen LogP contribution is -2.37. The van der Waals surface area contributed by atoms with Gasteiger partial charge >= 0.3 is 0 Å². The van der Waals surface area contributed by atoms with Crippen LogP contribution < -0.4 is 5.53 Å². The molecule has 0 fully saturated rings. The van der Waals surface area contributed by atoms with Crippen molar-refractivity contribution in [2.24, 2.45) is 5.10 Å². The quantitative estimate of drug-likeness (QED) is 0.465. The molecule has 0 atom stereocenters. The van der Waals surface area contributed by atoms with E-state index in [0.717, 1.165) is 5.84 Å². The standard InChI is InChI=1S/C4H10N4/c1-4-5-8(3)6-7(4)2/h6H,1-3H3. The third-order valence-corrected chi connectivity index (χ3v) is 1.07. The minimum absolute atomic E-state index is 0.979. The van der Waals surface area contributed by atoms with Crippen LogP contribution >= 0.6 is 0 Å². The SMILES string of the molecule is CC1=NN(C)NN1C. The molecule has 0 amide bonds. The van der Waals surface area contributed by atoms with Gasteiger partial charge < -0.3 is 0 Å². The Kier molecular flexibility index (Phi) is 1.09. The lowest BCUT2D eigenvalue weighted by Gasteiger charge is -2.11. The highest BCUT2D eigenvalue weighted by molar-refractivity contribution is 5.79. The Labute approximate surface area is 48.7 Å². The highest BCUT2D eigenvalue weighted by atomic mass is 15.9. The minimum Gasteiger partial charge on any atom is -0.278 e. The number of hydrazone groups is 1. The number of nitrogens with zero attached hydrogens (tertiary/aromatic N) is 3. The Morgan fingerprint density at radius 2 is 2.12 bits per heavy atom. The Bertz CT molecular complexity index is 119. The highest BCUT2D eigenvalue weighted by Gasteiger charge is 2.09. The van der Waals surface area contributed by atoms with Gasteiger partial charge in [0, 0.05) is 14.1 Å². The van der Waals surface area contributed by atoms with Gasteiger partial charge in [0.1, 0.15) is 5.84 Å². The summed E-state index contributed by atoms with van der Waals surface area (Å²) in [5, 5.41) is 7.54. The average molecular weight is 114 g/mol. The van der Waals surface area contributed by atoms with E-state index in [0.29, 0.717) is 0 Å². The van der Waals surface area contributed by atoms with E-state index in [1.165, 1.54) is 0 Å². The fourth-order valence-electron chi connectivity index (χ4n) is 0.596. The number of amidine groups is 1. The first-order valence-corrected chi connectivity index (χ1v) is 2.49. The van der Waals surface area contributed by atoms with E-state index in [1.807, 2.05) is 26.0 Å². The van der Waals surface area contributed by atoms with Crippen LogP contribution in [0, 0.1) is 0 Å². The third-order valence-electron chi connectivity index (χ3n) is 1.07. The van der Waals surface area contributed by atoms with Crippen LogP contribution in [0.2, 0.25) is 0 Å². The van der Waals surface area contributed by atoms with E-state index in [1.54, 1.807) is 5.12 Å². The smallest absolute Gasteiger partial charge is 0.138 e. The molecule has 46 valence electrons. The Hall–Kier alpha value is -0.770. The molecule has 4 nitrogen and oxygen atoms in total. The molecule has 8 heavy (non-hydrogen) atoms. The first kappa shape index (κ1) is 5.37. The summed E-state index contributed by atoms with van der Waals surface area (Å²) in [6, 6.07) is 0. The molecule has 4 heteroatoms. The van der Waals surface area contributed by atoms with Gasteiger partial charge in [0.2, 0.25) is 0 Å². The van der Waals surface area contributed by atoms with Crippen molar-refractivity contribution in [2.45, 2.75) is 6.92 Å². The van der Waals surface area contributed by atoms with Crippen molar-refractivity contribution >= 4 is 5.84 Å². The van der Waals surface area contributed by atoms with Gasteiger partial charge in [0.25, 0.3) is 0 Å². The summed E-state index contributed by atoms with van der Waals surface area (Å²) in [7, 11) is 3.77. The number of hydrogen-bond acceptors (Lipinski definition) is 4. The highest BCUT2D eigenvalue weighted by Crippen LogP contribution is 1.93. The molecule has 1 N–H and O–H groups in total. The largest absolute Gasteiger partial charge is 0.278 e. The number of rotatable bonds is 0. The molecular formula is C4H10N4. The Morgan fingerprint density at radius 1 is 1.50 bits per heavy atom. The van der Waals surface area contributed by atoms with E-state index in [2.05, 4.69) is 10.6 Å². The van der Waals surface area contributed by atoms with Gasteiger partial charge in [-0.2, -0.15) is 0 Å². The van der Waals surface area contributed by atoms with Crippen LogP contribution in [0.25, 0.3) is 0 Å². The zero-order valence-electron chi connectivity index (χ0n) is 5.34. The average Bonchev–Trinajstić information content (AvgIpc) is 1.85. The van der Waals surface area contributed by atoms with Crippen LogP contribution in [0.4, 0.5) is 0 Å². The zero-order valence-corrected chi connectivity index (χ0v) is 5.34. The van der Waals surface area contributed by atoms with E-state index < -0.39 is 0 Å². The molecule has 1 aliphatic heterocycles. The minimum atomic E-state index is 0.979. The van der Waals surface area contributed by atoms with E-state index in [-0.39, 0.29) is 0 Å². The summed E-state index contributed by atoms with van der Waals surface area (Å²) in [6.45, 7) is 1.94. The summed E-state index contributed by atoms with van der Waals surface area (Å²) in [6.07, 6.45) is 0. The molecule has 0 spiro atoms. The maximum atomic E-state index is 4.03. The van der Waals surface area contributed by atoms with Gasteiger partial charge in [-0.3, -0.25) is 5.01 Å². The second kappa shape index (κ2) is 1.63. The maximum absolute atomic E-state index is 4.03. The van der Waals surface area contributed by atoms with Gasteiger partial charge in [0.15, 0.2) is 0 Å². The normalized spacial score (nSPS) is 19.6. The first-order chi connectivity index (χ1) is 3.70. The van der Waals surface area contributed by atoms with Crippen LogP contribution in [0.5, 0.6) is 0 Å². The topological polar surface area (TPSA) is 30.9 Å². The van der Waals surface area contributed by atoms with E-state index in [9.17, 15) is 0 Å². The van der Waals surface area contributed by atoms with Gasteiger partial charge in [0.05, 0.1) is 0 Å². The van der Waals surface area contributed by atoms with Gasteiger partial charge in [-0.15, -0.1) is 10.6 Å². The lowest BCUT2D eigenvalue weighted by molar-refractivity contribution is 0.166. The third kappa shape index (κ3) is 0.742. The fourth-order valence-corrected chi connectivity index (χ4v) is 0.596. The van der Waals surface area contributed by atoms with Crippen molar-refractivity contribution in [3.05, 3.63) is 0 Å². The molecular weight excluding hydrogens is 104 g/mol. The summed E-state index contributed by atoms with van der Waals surface area (Å²) < 4.78 is 0. The molecule has 1 rings (SSSR count). The number of nitrogens with one attached hydrogen (secondary N) is 1. The van der Waals surface area contributed by atoms with Crippen molar-refractivity contribution in [3.8, 4) is 0 Å². The molecule has 0 aromatic rings. The summed E-state index contributed by atoms with van der Waals surface area (Å²) in [4.78, 5) is 0. The molecule has 0 aromatic carbocycles. The van der Waals surface area contributed by atoms with Crippen LogP contribution in [0.15, 0.2) is 5.10 Å².